The van der Waals surface area contributed by atoms with Crippen molar-refractivity contribution in [3.63, 3.8) is 0 Å². The molecule has 0 aliphatic rings. The maximum absolute atomic E-state index is 13.4. The molecule has 1 atom stereocenters. The van der Waals surface area contributed by atoms with Crippen LogP contribution in [-0.2, 0) is 11.2 Å². The number of nitrogens with one attached hydrogen (secondary N) is 1. The van der Waals surface area contributed by atoms with E-state index < -0.39 is 35.3 Å². The highest BCUT2D eigenvalue weighted by molar-refractivity contribution is 5.79. The fourth-order valence-electron chi connectivity index (χ4n) is 1.49. The Bertz CT molecular complexity index is 473. The standard InChI is InChI=1S/C13H16F3NO2/c1-3-13(2,7-18)17-12(19)5-8-4-10(15)11(16)6-9(8)14/h4,6,18H,3,5,7H2,1-2H3,(H,17,19)/t13-/m1/s1. The number of aliphatic hydroxyl groups is 1. The van der Waals surface area contributed by atoms with Crippen molar-refractivity contribution in [3.05, 3.63) is 35.1 Å². The largest absolute Gasteiger partial charge is 0.394 e. The highest BCUT2D eigenvalue weighted by atomic mass is 19.2. The van der Waals surface area contributed by atoms with Crippen LogP contribution in [0, 0.1) is 17.5 Å². The van der Waals surface area contributed by atoms with Gasteiger partial charge in [-0.1, -0.05) is 6.92 Å². The average molecular weight is 275 g/mol. The second-order valence-electron chi connectivity index (χ2n) is 4.66. The molecule has 2 N–H and O–H groups in total. The van der Waals surface area contributed by atoms with Crippen LogP contribution < -0.4 is 5.32 Å². The number of amides is 1. The average Bonchev–Trinajstić information content (AvgIpc) is 2.35. The Morgan fingerprint density at radius 2 is 1.84 bits per heavy atom. The molecule has 0 bridgehead atoms. The lowest BCUT2D eigenvalue weighted by Crippen LogP contribution is -2.49. The summed E-state index contributed by atoms with van der Waals surface area (Å²) in [6, 6.07) is 1.06. The Balaban J connectivity index is 2.80. The number of benzene rings is 1. The lowest BCUT2D eigenvalue weighted by atomic mass is 9.99. The third-order valence-electron chi connectivity index (χ3n) is 3.01. The predicted molar refractivity (Wildman–Crippen MR) is 63.9 cm³/mol. The number of carbonyl (C=O) groups is 1. The molecular formula is C13H16F3NO2. The molecule has 1 rings (SSSR count). The van der Waals surface area contributed by atoms with Crippen LogP contribution in [0.25, 0.3) is 0 Å². The minimum atomic E-state index is -1.30. The molecule has 1 amide bonds. The molecule has 3 nitrogen and oxygen atoms in total. The van der Waals surface area contributed by atoms with Crippen molar-refractivity contribution in [3.8, 4) is 0 Å². The summed E-state index contributed by atoms with van der Waals surface area (Å²) >= 11 is 0. The monoisotopic (exact) mass is 275 g/mol. The zero-order chi connectivity index (χ0) is 14.6. The van der Waals surface area contributed by atoms with Crippen molar-refractivity contribution in [2.45, 2.75) is 32.2 Å². The second-order valence-corrected chi connectivity index (χ2v) is 4.66. The summed E-state index contributed by atoms with van der Waals surface area (Å²) in [7, 11) is 0. The third-order valence-corrected chi connectivity index (χ3v) is 3.01. The molecule has 0 saturated heterocycles. The highest BCUT2D eigenvalue weighted by Gasteiger charge is 2.24. The lowest BCUT2D eigenvalue weighted by molar-refractivity contribution is -0.122. The topological polar surface area (TPSA) is 49.3 Å². The first-order valence-corrected chi connectivity index (χ1v) is 5.86. The van der Waals surface area contributed by atoms with E-state index in [1.165, 1.54) is 0 Å². The Hall–Kier alpha value is -1.56. The number of hydrogen-bond acceptors (Lipinski definition) is 2. The van der Waals surface area contributed by atoms with Gasteiger partial charge >= 0.3 is 0 Å². The minimum absolute atomic E-state index is 0.229. The summed E-state index contributed by atoms with van der Waals surface area (Å²) in [6.07, 6.45) is 0.0636. The molecule has 0 aliphatic heterocycles. The van der Waals surface area contributed by atoms with Crippen molar-refractivity contribution >= 4 is 5.91 Å². The Morgan fingerprint density at radius 3 is 2.37 bits per heavy atom. The predicted octanol–water partition coefficient (Wildman–Crippen LogP) is 1.92. The molecule has 0 fully saturated rings. The maximum Gasteiger partial charge on any atom is 0.225 e. The Kier molecular flexibility index (Phi) is 4.94. The molecule has 0 heterocycles. The SMILES string of the molecule is CC[C@](C)(CO)NC(=O)Cc1cc(F)c(F)cc1F. The Morgan fingerprint density at radius 1 is 1.26 bits per heavy atom. The quantitative estimate of drug-likeness (QED) is 0.807. The van der Waals surface area contributed by atoms with Gasteiger partial charge in [-0.05, 0) is 19.4 Å². The van der Waals surface area contributed by atoms with Gasteiger partial charge in [0, 0.05) is 11.6 Å². The van der Waals surface area contributed by atoms with Gasteiger partial charge in [-0.2, -0.15) is 0 Å². The van der Waals surface area contributed by atoms with Crippen LogP contribution in [0.4, 0.5) is 13.2 Å². The lowest BCUT2D eigenvalue weighted by Gasteiger charge is -2.27. The molecule has 0 spiro atoms. The summed E-state index contributed by atoms with van der Waals surface area (Å²) in [5.74, 6) is -4.04. The first-order chi connectivity index (χ1) is 8.81. The Labute approximate surface area is 109 Å². The van der Waals surface area contributed by atoms with Gasteiger partial charge in [0.15, 0.2) is 11.6 Å². The van der Waals surface area contributed by atoms with Crippen LogP contribution >= 0.6 is 0 Å². The van der Waals surface area contributed by atoms with Gasteiger partial charge in [0.05, 0.1) is 18.6 Å². The first-order valence-electron chi connectivity index (χ1n) is 5.86. The second kappa shape index (κ2) is 6.06. The van der Waals surface area contributed by atoms with E-state index in [1.54, 1.807) is 13.8 Å². The zero-order valence-electron chi connectivity index (χ0n) is 10.8. The van der Waals surface area contributed by atoms with E-state index in [2.05, 4.69) is 5.32 Å². The minimum Gasteiger partial charge on any atom is -0.394 e. The van der Waals surface area contributed by atoms with Crippen LogP contribution in [-0.4, -0.2) is 23.2 Å². The molecule has 0 saturated carbocycles. The smallest absolute Gasteiger partial charge is 0.225 e. The maximum atomic E-state index is 13.4. The van der Waals surface area contributed by atoms with E-state index in [1.807, 2.05) is 0 Å². The summed E-state index contributed by atoms with van der Waals surface area (Å²) in [5.41, 5.74) is -1.04. The van der Waals surface area contributed by atoms with Gasteiger partial charge < -0.3 is 10.4 Å². The van der Waals surface area contributed by atoms with E-state index in [-0.39, 0.29) is 12.2 Å². The highest BCUT2D eigenvalue weighted by Crippen LogP contribution is 2.15. The molecule has 0 radical (unpaired) electrons. The van der Waals surface area contributed by atoms with Crippen LogP contribution in [0.15, 0.2) is 12.1 Å². The van der Waals surface area contributed by atoms with Crippen molar-refractivity contribution < 1.29 is 23.1 Å². The van der Waals surface area contributed by atoms with Gasteiger partial charge in [-0.15, -0.1) is 0 Å². The van der Waals surface area contributed by atoms with Gasteiger partial charge in [0.1, 0.15) is 5.82 Å². The van der Waals surface area contributed by atoms with E-state index in [9.17, 15) is 18.0 Å². The van der Waals surface area contributed by atoms with E-state index in [4.69, 9.17) is 5.11 Å². The van der Waals surface area contributed by atoms with Crippen LogP contribution in [0.2, 0.25) is 0 Å². The number of halogens is 3. The zero-order valence-corrected chi connectivity index (χ0v) is 10.8. The third kappa shape index (κ3) is 3.96. The number of hydrogen-bond donors (Lipinski definition) is 2. The van der Waals surface area contributed by atoms with Gasteiger partial charge in [-0.3, -0.25) is 4.79 Å². The molecule has 0 aliphatic carbocycles. The molecule has 0 aromatic heterocycles. The molecule has 1 aromatic carbocycles. The molecule has 6 heteroatoms. The molecule has 0 unspecified atom stereocenters. The van der Waals surface area contributed by atoms with Crippen molar-refractivity contribution in [2.75, 3.05) is 6.61 Å². The summed E-state index contributed by atoms with van der Waals surface area (Å²) in [5, 5.41) is 11.7. The van der Waals surface area contributed by atoms with Crippen LogP contribution in [0.1, 0.15) is 25.8 Å². The van der Waals surface area contributed by atoms with Crippen molar-refractivity contribution in [1.82, 2.24) is 5.32 Å². The fourth-order valence-corrected chi connectivity index (χ4v) is 1.49. The number of rotatable bonds is 5. The summed E-state index contributed by atoms with van der Waals surface area (Å²) in [4.78, 5) is 11.7. The van der Waals surface area contributed by atoms with E-state index in [0.29, 0.717) is 18.6 Å². The number of carbonyl (C=O) groups excluding carboxylic acids is 1. The normalized spacial score (nSPS) is 14.0. The van der Waals surface area contributed by atoms with Crippen LogP contribution in [0.5, 0.6) is 0 Å². The van der Waals surface area contributed by atoms with Crippen molar-refractivity contribution in [1.29, 1.82) is 0 Å². The molecule has 19 heavy (non-hydrogen) atoms. The molecular weight excluding hydrogens is 259 g/mol. The first kappa shape index (κ1) is 15.5. The number of aliphatic hydroxyl groups excluding tert-OH is 1. The van der Waals surface area contributed by atoms with Gasteiger partial charge in [0.2, 0.25) is 5.91 Å². The van der Waals surface area contributed by atoms with E-state index >= 15 is 0 Å². The molecule has 1 aromatic rings. The fraction of sp³-hybridized carbons (Fsp3) is 0.462. The van der Waals surface area contributed by atoms with Crippen LogP contribution in [0.3, 0.4) is 0 Å². The van der Waals surface area contributed by atoms with Gasteiger partial charge in [-0.25, -0.2) is 13.2 Å². The van der Waals surface area contributed by atoms with Gasteiger partial charge in [0.25, 0.3) is 0 Å². The summed E-state index contributed by atoms with van der Waals surface area (Å²) < 4.78 is 39.0. The van der Waals surface area contributed by atoms with E-state index in [0.717, 1.165) is 0 Å². The molecule has 106 valence electrons. The summed E-state index contributed by atoms with van der Waals surface area (Å²) in [6.45, 7) is 3.14. The van der Waals surface area contributed by atoms with Crippen molar-refractivity contribution in [2.24, 2.45) is 0 Å².